The van der Waals surface area contributed by atoms with Crippen LogP contribution < -0.4 is 4.74 Å². The minimum absolute atomic E-state index is 0.102. The molecule has 0 bridgehead atoms. The van der Waals surface area contributed by atoms with Crippen LogP contribution in [-0.4, -0.2) is 24.3 Å². The Morgan fingerprint density at radius 1 is 1.53 bits per heavy atom. The molecule has 0 aliphatic heterocycles. The molecule has 0 saturated carbocycles. The van der Waals surface area contributed by atoms with E-state index in [-0.39, 0.29) is 29.0 Å². The van der Waals surface area contributed by atoms with E-state index >= 15 is 0 Å². The van der Waals surface area contributed by atoms with Crippen LogP contribution in [-0.2, 0) is 11.3 Å². The Morgan fingerprint density at radius 3 is 2.68 bits per heavy atom. The Balaban J connectivity index is 3.31. The zero-order valence-corrected chi connectivity index (χ0v) is 10.0. The summed E-state index contributed by atoms with van der Waals surface area (Å²) in [6, 6.07) is 3.92. The molecule has 0 unspecified atom stereocenters. The van der Waals surface area contributed by atoms with Gasteiger partial charge in [-0.05, 0) is 19.1 Å². The summed E-state index contributed by atoms with van der Waals surface area (Å²) in [6.07, 6.45) is 0. The van der Waals surface area contributed by atoms with Crippen molar-refractivity contribution in [1.29, 1.82) is 5.26 Å². The van der Waals surface area contributed by atoms with Gasteiger partial charge in [0.15, 0.2) is 0 Å². The number of nitriles is 1. The van der Waals surface area contributed by atoms with Crippen molar-refractivity contribution in [3.63, 3.8) is 0 Å². The molecule has 1 aromatic carbocycles. The van der Waals surface area contributed by atoms with Crippen LogP contribution in [0.5, 0.6) is 5.75 Å². The maximum atomic E-state index is 12.2. The van der Waals surface area contributed by atoms with Gasteiger partial charge in [0.25, 0.3) is 0 Å². The second-order valence-corrected chi connectivity index (χ2v) is 3.33. The summed E-state index contributed by atoms with van der Waals surface area (Å²) < 4.78 is 33.3. The molecule has 5 nitrogen and oxygen atoms in total. The highest BCUT2D eigenvalue weighted by molar-refractivity contribution is 5.93. The van der Waals surface area contributed by atoms with Gasteiger partial charge in [0, 0.05) is 5.56 Å². The molecule has 0 fully saturated rings. The number of alkyl halides is 2. The number of nitrogens with zero attached hydrogens (tertiary/aromatic N) is 1. The molecule has 0 amide bonds. The molecular weight excluding hydrogens is 260 g/mol. The Bertz CT molecular complexity index is 511. The third-order valence-electron chi connectivity index (χ3n) is 2.25. The number of aliphatic hydroxyl groups excluding tert-OH is 1. The molecule has 1 rings (SSSR count). The SMILES string of the molecule is CCOC(=O)c1ccc(OC(F)F)c(CO)c1C#N. The number of carbonyl (C=O) groups excluding carboxylic acids is 1. The number of carbonyl (C=O) groups is 1. The zero-order valence-electron chi connectivity index (χ0n) is 10.0. The van der Waals surface area contributed by atoms with Gasteiger partial charge in [-0.15, -0.1) is 0 Å². The van der Waals surface area contributed by atoms with Gasteiger partial charge in [-0.1, -0.05) is 0 Å². The molecule has 1 aromatic rings. The van der Waals surface area contributed by atoms with Crippen LogP contribution in [0.2, 0.25) is 0 Å². The van der Waals surface area contributed by atoms with E-state index in [1.807, 2.05) is 0 Å². The summed E-state index contributed by atoms with van der Waals surface area (Å²) in [5.74, 6) is -1.11. The number of aliphatic hydroxyl groups is 1. The Kier molecular flexibility index (Phi) is 5.21. The molecule has 0 heterocycles. The number of benzene rings is 1. The highest BCUT2D eigenvalue weighted by Crippen LogP contribution is 2.27. The van der Waals surface area contributed by atoms with Crippen molar-refractivity contribution in [2.24, 2.45) is 0 Å². The van der Waals surface area contributed by atoms with Crippen molar-refractivity contribution < 1.29 is 28.2 Å². The van der Waals surface area contributed by atoms with E-state index in [1.54, 1.807) is 13.0 Å². The summed E-state index contributed by atoms with van der Waals surface area (Å²) in [5, 5.41) is 18.1. The van der Waals surface area contributed by atoms with Gasteiger partial charge in [0.1, 0.15) is 11.8 Å². The second kappa shape index (κ2) is 6.66. The third kappa shape index (κ3) is 3.39. The molecule has 0 spiro atoms. The quantitative estimate of drug-likeness (QED) is 0.826. The smallest absolute Gasteiger partial charge is 0.387 e. The first-order valence-electron chi connectivity index (χ1n) is 5.33. The number of hydrogen-bond donors (Lipinski definition) is 1. The van der Waals surface area contributed by atoms with Crippen LogP contribution in [0.15, 0.2) is 12.1 Å². The summed E-state index contributed by atoms with van der Waals surface area (Å²) in [4.78, 5) is 11.6. The second-order valence-electron chi connectivity index (χ2n) is 3.33. The Hall–Kier alpha value is -2.20. The van der Waals surface area contributed by atoms with Gasteiger partial charge >= 0.3 is 12.6 Å². The minimum Gasteiger partial charge on any atom is -0.462 e. The maximum Gasteiger partial charge on any atom is 0.387 e. The normalized spacial score (nSPS) is 10.1. The fourth-order valence-electron chi connectivity index (χ4n) is 1.50. The van der Waals surface area contributed by atoms with E-state index in [2.05, 4.69) is 4.74 Å². The molecule has 1 N–H and O–H groups in total. The van der Waals surface area contributed by atoms with Crippen LogP contribution in [0.25, 0.3) is 0 Å². The molecule has 0 saturated heterocycles. The molecule has 0 aromatic heterocycles. The van der Waals surface area contributed by atoms with Crippen molar-refractivity contribution >= 4 is 5.97 Å². The van der Waals surface area contributed by atoms with Crippen LogP contribution >= 0.6 is 0 Å². The van der Waals surface area contributed by atoms with Crippen molar-refractivity contribution in [2.75, 3.05) is 6.61 Å². The van der Waals surface area contributed by atoms with Crippen molar-refractivity contribution in [3.05, 3.63) is 28.8 Å². The predicted octanol–water partition coefficient (Wildman–Crippen LogP) is 1.83. The van der Waals surface area contributed by atoms with E-state index in [9.17, 15) is 13.6 Å². The topological polar surface area (TPSA) is 79.6 Å². The first-order chi connectivity index (χ1) is 9.04. The standard InChI is InChI=1S/C12H11F2NO4/c1-2-18-11(17)7-3-4-10(19-12(13)14)9(6-16)8(7)5-15/h3-4,12,16H,2,6H2,1H3. The summed E-state index contributed by atoms with van der Waals surface area (Å²) in [6.45, 7) is -2.11. The maximum absolute atomic E-state index is 12.2. The monoisotopic (exact) mass is 271 g/mol. The van der Waals surface area contributed by atoms with Gasteiger partial charge < -0.3 is 14.6 Å². The molecule has 0 atom stereocenters. The molecule has 0 radical (unpaired) electrons. The fraction of sp³-hybridized carbons (Fsp3) is 0.333. The summed E-state index contributed by atoms with van der Waals surface area (Å²) in [7, 11) is 0. The lowest BCUT2D eigenvalue weighted by Gasteiger charge is -2.13. The lowest BCUT2D eigenvalue weighted by Crippen LogP contribution is -2.11. The van der Waals surface area contributed by atoms with Gasteiger partial charge in [0.2, 0.25) is 0 Å². The van der Waals surface area contributed by atoms with E-state index in [4.69, 9.17) is 15.1 Å². The predicted molar refractivity (Wildman–Crippen MR) is 59.7 cm³/mol. The third-order valence-corrected chi connectivity index (χ3v) is 2.25. The zero-order chi connectivity index (χ0) is 14.4. The molecule has 102 valence electrons. The van der Waals surface area contributed by atoms with Gasteiger partial charge in [-0.2, -0.15) is 14.0 Å². The number of halogens is 2. The highest BCUT2D eigenvalue weighted by atomic mass is 19.3. The Labute approximate surface area is 108 Å². The van der Waals surface area contributed by atoms with Gasteiger partial charge in [0.05, 0.1) is 24.3 Å². The lowest BCUT2D eigenvalue weighted by molar-refractivity contribution is -0.0509. The minimum atomic E-state index is -3.09. The fourth-order valence-corrected chi connectivity index (χ4v) is 1.50. The largest absolute Gasteiger partial charge is 0.462 e. The first kappa shape index (κ1) is 14.9. The van der Waals surface area contributed by atoms with Crippen LogP contribution in [0.1, 0.15) is 28.4 Å². The molecule has 0 aliphatic carbocycles. The number of ether oxygens (including phenoxy) is 2. The molecular formula is C12H11F2NO4. The number of rotatable bonds is 5. The van der Waals surface area contributed by atoms with Crippen molar-refractivity contribution in [2.45, 2.75) is 20.1 Å². The average Bonchev–Trinajstić information content (AvgIpc) is 2.37. The average molecular weight is 271 g/mol. The van der Waals surface area contributed by atoms with Gasteiger partial charge in [-0.25, -0.2) is 4.79 Å². The van der Waals surface area contributed by atoms with Crippen LogP contribution in [0, 0.1) is 11.3 Å². The van der Waals surface area contributed by atoms with E-state index in [0.29, 0.717) is 0 Å². The summed E-state index contributed by atoms with van der Waals surface area (Å²) >= 11 is 0. The van der Waals surface area contributed by atoms with E-state index in [0.717, 1.165) is 12.1 Å². The van der Waals surface area contributed by atoms with Crippen molar-refractivity contribution in [3.8, 4) is 11.8 Å². The first-order valence-corrected chi connectivity index (χ1v) is 5.33. The van der Waals surface area contributed by atoms with Gasteiger partial charge in [-0.3, -0.25) is 0 Å². The Morgan fingerprint density at radius 2 is 2.21 bits per heavy atom. The van der Waals surface area contributed by atoms with Crippen molar-refractivity contribution in [1.82, 2.24) is 0 Å². The van der Waals surface area contributed by atoms with E-state index in [1.165, 1.54) is 0 Å². The number of hydrogen-bond acceptors (Lipinski definition) is 5. The molecule has 0 aliphatic rings. The van der Waals surface area contributed by atoms with Crippen LogP contribution in [0.4, 0.5) is 8.78 Å². The lowest BCUT2D eigenvalue weighted by atomic mass is 10.0. The molecule has 7 heteroatoms. The number of esters is 1. The van der Waals surface area contributed by atoms with E-state index < -0.39 is 19.2 Å². The molecule has 19 heavy (non-hydrogen) atoms. The van der Waals surface area contributed by atoms with Crippen LogP contribution in [0.3, 0.4) is 0 Å². The summed E-state index contributed by atoms with van der Waals surface area (Å²) in [5.41, 5.74) is -0.512. The highest BCUT2D eigenvalue weighted by Gasteiger charge is 2.20.